The van der Waals surface area contributed by atoms with Crippen LogP contribution in [-0.2, 0) is 0 Å². The van der Waals surface area contributed by atoms with E-state index < -0.39 is 5.97 Å². The van der Waals surface area contributed by atoms with E-state index in [0.717, 1.165) is 5.56 Å². The van der Waals surface area contributed by atoms with Crippen molar-refractivity contribution in [1.82, 2.24) is 24.7 Å². The highest BCUT2D eigenvalue weighted by Gasteiger charge is 2.19. The van der Waals surface area contributed by atoms with Gasteiger partial charge in [-0.1, -0.05) is 6.07 Å². The molecule has 0 saturated heterocycles. The summed E-state index contributed by atoms with van der Waals surface area (Å²) in [6, 6.07) is 7.00. The maximum absolute atomic E-state index is 11.2. The van der Waals surface area contributed by atoms with Gasteiger partial charge in [0.25, 0.3) is 5.82 Å². The Labute approximate surface area is 131 Å². The topological polar surface area (TPSA) is 103 Å². The molecule has 1 N–H and O–H groups in total. The molecule has 3 aromatic rings. The summed E-state index contributed by atoms with van der Waals surface area (Å²) in [4.78, 5) is 23.6. The summed E-state index contributed by atoms with van der Waals surface area (Å²) < 4.78 is 6.41. The van der Waals surface area contributed by atoms with E-state index in [-0.39, 0.29) is 5.82 Å². The average molecular weight is 311 g/mol. The molecule has 0 aromatic carbocycles. The van der Waals surface area contributed by atoms with Crippen LogP contribution in [0.5, 0.6) is 5.88 Å². The molecule has 0 aliphatic heterocycles. The summed E-state index contributed by atoms with van der Waals surface area (Å²) in [5, 5.41) is 13.2. The molecule has 0 aliphatic carbocycles. The monoisotopic (exact) mass is 311 g/mol. The zero-order valence-corrected chi connectivity index (χ0v) is 12.5. The van der Waals surface area contributed by atoms with Crippen molar-refractivity contribution in [3.8, 4) is 23.1 Å². The van der Waals surface area contributed by atoms with Crippen LogP contribution in [0.4, 0.5) is 0 Å². The first kappa shape index (κ1) is 14.6. The summed E-state index contributed by atoms with van der Waals surface area (Å²) in [7, 11) is 1.52. The van der Waals surface area contributed by atoms with E-state index in [4.69, 9.17) is 9.84 Å². The van der Waals surface area contributed by atoms with Gasteiger partial charge >= 0.3 is 5.97 Å². The highest BCUT2D eigenvalue weighted by Crippen LogP contribution is 2.20. The molecule has 0 bridgehead atoms. The Balaban J connectivity index is 2.13. The Hall–Kier alpha value is -3.29. The number of methoxy groups -OCH3 is 1. The number of rotatable bonds is 4. The quantitative estimate of drug-likeness (QED) is 0.782. The number of carboxylic acid groups (broad SMARTS) is 1. The van der Waals surface area contributed by atoms with Crippen LogP contribution in [-0.4, -0.2) is 42.9 Å². The van der Waals surface area contributed by atoms with Crippen molar-refractivity contribution in [1.29, 1.82) is 0 Å². The number of aromatic carboxylic acids is 1. The lowest BCUT2D eigenvalue weighted by atomic mass is 10.2. The largest absolute Gasteiger partial charge is 0.481 e. The van der Waals surface area contributed by atoms with E-state index in [1.165, 1.54) is 18.0 Å². The Morgan fingerprint density at radius 2 is 2.00 bits per heavy atom. The van der Waals surface area contributed by atoms with E-state index in [0.29, 0.717) is 23.1 Å². The molecular weight excluding hydrogens is 298 g/mol. The molecule has 0 saturated carbocycles. The number of hydrogen-bond acceptors (Lipinski definition) is 6. The van der Waals surface area contributed by atoms with Crippen molar-refractivity contribution in [2.45, 2.75) is 6.92 Å². The van der Waals surface area contributed by atoms with E-state index in [2.05, 4.69) is 20.1 Å². The fourth-order valence-electron chi connectivity index (χ4n) is 1.97. The molecule has 116 valence electrons. The molecule has 8 heteroatoms. The third-order valence-electron chi connectivity index (χ3n) is 3.11. The van der Waals surface area contributed by atoms with Crippen molar-refractivity contribution >= 4 is 5.97 Å². The SMILES string of the molecule is COc1ccc(-n2nc(C(=O)O)nc2-c2ccc(C)cn2)cn1. The summed E-state index contributed by atoms with van der Waals surface area (Å²) in [5.74, 6) is -0.742. The maximum Gasteiger partial charge on any atom is 0.375 e. The van der Waals surface area contributed by atoms with Gasteiger partial charge in [-0.25, -0.2) is 14.5 Å². The minimum absolute atomic E-state index is 0.307. The van der Waals surface area contributed by atoms with Crippen LogP contribution in [0.2, 0.25) is 0 Å². The molecule has 0 amide bonds. The first-order valence-corrected chi connectivity index (χ1v) is 6.72. The number of carbonyl (C=O) groups is 1. The second-order valence-electron chi connectivity index (χ2n) is 4.76. The van der Waals surface area contributed by atoms with Crippen LogP contribution in [0, 0.1) is 6.92 Å². The number of aromatic nitrogens is 5. The third kappa shape index (κ3) is 2.86. The zero-order chi connectivity index (χ0) is 16.4. The minimum atomic E-state index is -1.21. The van der Waals surface area contributed by atoms with Crippen LogP contribution < -0.4 is 4.74 Å². The van der Waals surface area contributed by atoms with E-state index in [1.54, 1.807) is 24.4 Å². The van der Waals surface area contributed by atoms with Crippen molar-refractivity contribution in [3.63, 3.8) is 0 Å². The smallest absolute Gasteiger partial charge is 0.375 e. The van der Waals surface area contributed by atoms with E-state index >= 15 is 0 Å². The predicted molar refractivity (Wildman–Crippen MR) is 80.6 cm³/mol. The normalized spacial score (nSPS) is 10.5. The van der Waals surface area contributed by atoms with Gasteiger partial charge in [0, 0.05) is 12.3 Å². The number of hydrogen-bond donors (Lipinski definition) is 1. The third-order valence-corrected chi connectivity index (χ3v) is 3.11. The Bertz CT molecular complexity index is 841. The van der Waals surface area contributed by atoms with Gasteiger partial charge in [-0.3, -0.25) is 4.98 Å². The van der Waals surface area contributed by atoms with Crippen LogP contribution >= 0.6 is 0 Å². The summed E-state index contributed by atoms with van der Waals surface area (Å²) >= 11 is 0. The maximum atomic E-state index is 11.2. The zero-order valence-electron chi connectivity index (χ0n) is 12.5. The van der Waals surface area contributed by atoms with Gasteiger partial charge in [0.1, 0.15) is 5.69 Å². The Morgan fingerprint density at radius 3 is 2.57 bits per heavy atom. The Kier molecular flexibility index (Phi) is 3.71. The van der Waals surface area contributed by atoms with E-state index in [9.17, 15) is 4.79 Å². The molecule has 23 heavy (non-hydrogen) atoms. The highest BCUT2D eigenvalue weighted by atomic mass is 16.5. The molecule has 3 heterocycles. The van der Waals surface area contributed by atoms with E-state index in [1.807, 2.05) is 13.0 Å². The summed E-state index contributed by atoms with van der Waals surface area (Å²) in [6.45, 7) is 1.91. The number of carboxylic acids is 1. The number of nitrogens with zero attached hydrogens (tertiary/aromatic N) is 5. The van der Waals surface area contributed by atoms with Gasteiger partial charge in [0.05, 0.1) is 19.0 Å². The molecule has 3 aromatic heterocycles. The first-order chi connectivity index (χ1) is 11.1. The summed E-state index contributed by atoms with van der Waals surface area (Å²) in [6.07, 6.45) is 3.21. The average Bonchev–Trinajstić information content (AvgIpc) is 3.01. The lowest BCUT2D eigenvalue weighted by Gasteiger charge is -2.06. The van der Waals surface area contributed by atoms with Crippen LogP contribution in [0.3, 0.4) is 0 Å². The van der Waals surface area contributed by atoms with Crippen LogP contribution in [0.1, 0.15) is 16.2 Å². The molecule has 8 nitrogen and oxygen atoms in total. The number of aryl methyl sites for hydroxylation is 1. The molecule has 0 spiro atoms. The van der Waals surface area contributed by atoms with Gasteiger partial charge in [0.15, 0.2) is 5.82 Å². The fraction of sp³-hybridized carbons (Fsp3) is 0.133. The predicted octanol–water partition coefficient (Wildman–Crippen LogP) is 1.74. The molecule has 0 atom stereocenters. The highest BCUT2D eigenvalue weighted by molar-refractivity contribution is 5.83. The lowest BCUT2D eigenvalue weighted by Crippen LogP contribution is -2.03. The molecule has 0 unspecified atom stereocenters. The van der Waals surface area contributed by atoms with Gasteiger partial charge in [-0.15, -0.1) is 5.10 Å². The molecular formula is C15H13N5O3. The molecule has 0 fully saturated rings. The number of pyridine rings is 2. The minimum Gasteiger partial charge on any atom is -0.481 e. The lowest BCUT2D eigenvalue weighted by molar-refractivity contribution is 0.0683. The van der Waals surface area contributed by atoms with Gasteiger partial charge in [-0.2, -0.15) is 4.98 Å². The molecule has 0 radical (unpaired) electrons. The second kappa shape index (κ2) is 5.84. The second-order valence-corrected chi connectivity index (χ2v) is 4.76. The number of ether oxygens (including phenoxy) is 1. The van der Waals surface area contributed by atoms with Gasteiger partial charge < -0.3 is 9.84 Å². The van der Waals surface area contributed by atoms with Gasteiger partial charge in [-0.05, 0) is 24.6 Å². The Morgan fingerprint density at radius 1 is 1.17 bits per heavy atom. The first-order valence-electron chi connectivity index (χ1n) is 6.72. The summed E-state index contributed by atoms with van der Waals surface area (Å²) in [5.41, 5.74) is 2.07. The standard InChI is InChI=1S/C15H13N5O3/c1-9-3-5-11(16-7-9)14-18-13(15(21)22)19-20(14)10-4-6-12(23-2)17-8-10/h3-8H,1-2H3,(H,21,22). The van der Waals surface area contributed by atoms with Crippen LogP contribution in [0.15, 0.2) is 36.7 Å². The van der Waals surface area contributed by atoms with Crippen molar-refractivity contribution in [2.75, 3.05) is 7.11 Å². The fourth-order valence-corrected chi connectivity index (χ4v) is 1.97. The molecule has 3 rings (SSSR count). The molecule has 0 aliphatic rings. The van der Waals surface area contributed by atoms with Crippen molar-refractivity contribution in [3.05, 3.63) is 48.0 Å². The van der Waals surface area contributed by atoms with Gasteiger partial charge in [0.2, 0.25) is 5.88 Å². The van der Waals surface area contributed by atoms with Crippen LogP contribution in [0.25, 0.3) is 17.2 Å². The van der Waals surface area contributed by atoms with Crippen molar-refractivity contribution in [2.24, 2.45) is 0 Å². The van der Waals surface area contributed by atoms with Crippen molar-refractivity contribution < 1.29 is 14.6 Å².